The molecule has 0 heterocycles. The molecule has 18 heavy (non-hydrogen) atoms. The highest BCUT2D eigenvalue weighted by Crippen LogP contribution is 2.18. The van der Waals surface area contributed by atoms with Gasteiger partial charge in [-0.25, -0.2) is 4.79 Å². The van der Waals surface area contributed by atoms with E-state index < -0.39 is 11.7 Å². The van der Waals surface area contributed by atoms with Crippen LogP contribution in [0, 0.1) is 0 Å². The third-order valence-electron chi connectivity index (χ3n) is 2.18. The second-order valence-electron chi connectivity index (χ2n) is 4.99. The van der Waals surface area contributed by atoms with Gasteiger partial charge in [-0.3, -0.25) is 5.32 Å². The molecule has 1 rings (SSSR count). The number of aldehydes is 1. The zero-order valence-corrected chi connectivity index (χ0v) is 11.0. The van der Waals surface area contributed by atoms with Gasteiger partial charge in [0.1, 0.15) is 11.9 Å². The highest BCUT2D eigenvalue weighted by Gasteiger charge is 2.16. The van der Waals surface area contributed by atoms with Crippen LogP contribution in [0.5, 0.6) is 0 Å². The smallest absolute Gasteiger partial charge is 0.412 e. The predicted molar refractivity (Wildman–Crippen MR) is 70.7 cm³/mol. The second-order valence-corrected chi connectivity index (χ2v) is 4.99. The number of anilines is 1. The largest absolute Gasteiger partial charge is 0.444 e. The lowest BCUT2D eigenvalue weighted by atomic mass is 10.1. The van der Waals surface area contributed by atoms with Crippen LogP contribution >= 0.6 is 0 Å². The minimum atomic E-state index is -0.526. The molecule has 0 aliphatic heterocycles. The van der Waals surface area contributed by atoms with Crippen LogP contribution < -0.4 is 5.32 Å². The van der Waals surface area contributed by atoms with Gasteiger partial charge in [-0.15, -0.1) is 0 Å². The van der Waals surface area contributed by atoms with E-state index in [0.29, 0.717) is 18.5 Å². The summed E-state index contributed by atoms with van der Waals surface area (Å²) in [7, 11) is 0. The van der Waals surface area contributed by atoms with Crippen molar-refractivity contribution in [2.24, 2.45) is 0 Å². The molecule has 98 valence electrons. The monoisotopic (exact) mass is 249 g/mol. The van der Waals surface area contributed by atoms with Crippen molar-refractivity contribution in [3.63, 3.8) is 0 Å². The number of nitrogens with one attached hydrogen (secondary N) is 1. The summed E-state index contributed by atoms with van der Waals surface area (Å²) in [5.74, 6) is 0. The van der Waals surface area contributed by atoms with E-state index in [0.717, 1.165) is 11.8 Å². The molecule has 0 aliphatic rings. The zero-order chi connectivity index (χ0) is 13.6. The van der Waals surface area contributed by atoms with Crippen LogP contribution in [0.3, 0.4) is 0 Å². The first kappa shape index (κ1) is 14.2. The van der Waals surface area contributed by atoms with Crippen LogP contribution in [0.4, 0.5) is 10.5 Å². The SMILES string of the molecule is CC(C)(C)OC(=O)Nc1ccccc1CCC=O. The summed E-state index contributed by atoms with van der Waals surface area (Å²) < 4.78 is 5.18. The molecule has 0 saturated heterocycles. The Labute approximate surface area is 107 Å². The number of hydrogen-bond donors (Lipinski definition) is 1. The molecule has 1 amide bonds. The molecule has 0 unspecified atom stereocenters. The maximum atomic E-state index is 11.7. The lowest BCUT2D eigenvalue weighted by Crippen LogP contribution is -2.27. The topological polar surface area (TPSA) is 55.4 Å². The van der Waals surface area contributed by atoms with Crippen molar-refractivity contribution in [1.29, 1.82) is 0 Å². The third-order valence-corrected chi connectivity index (χ3v) is 2.18. The Kier molecular flexibility index (Phi) is 4.89. The summed E-state index contributed by atoms with van der Waals surface area (Å²) in [6, 6.07) is 7.39. The highest BCUT2D eigenvalue weighted by molar-refractivity contribution is 5.86. The van der Waals surface area contributed by atoms with Gasteiger partial charge in [0.05, 0.1) is 0 Å². The van der Waals surface area contributed by atoms with Crippen molar-refractivity contribution in [3.8, 4) is 0 Å². The Morgan fingerprint density at radius 2 is 2.00 bits per heavy atom. The minimum Gasteiger partial charge on any atom is -0.444 e. The molecule has 0 radical (unpaired) electrons. The molecule has 1 aromatic rings. The molecule has 0 saturated carbocycles. The molecular formula is C14H19NO3. The normalized spacial score (nSPS) is 10.8. The number of hydrogen-bond acceptors (Lipinski definition) is 3. The number of amides is 1. The maximum absolute atomic E-state index is 11.7. The van der Waals surface area contributed by atoms with E-state index in [1.54, 1.807) is 6.07 Å². The van der Waals surface area contributed by atoms with Crippen LogP contribution in [-0.4, -0.2) is 18.0 Å². The summed E-state index contributed by atoms with van der Waals surface area (Å²) in [4.78, 5) is 22.0. The van der Waals surface area contributed by atoms with Crippen molar-refractivity contribution in [2.45, 2.75) is 39.2 Å². The number of para-hydroxylation sites is 1. The van der Waals surface area contributed by atoms with Gasteiger partial charge in [0.2, 0.25) is 0 Å². The van der Waals surface area contributed by atoms with Crippen LogP contribution in [0.2, 0.25) is 0 Å². The Bertz CT molecular complexity index is 421. The average molecular weight is 249 g/mol. The second kappa shape index (κ2) is 6.19. The average Bonchev–Trinajstić information content (AvgIpc) is 2.25. The van der Waals surface area contributed by atoms with Crippen molar-refractivity contribution < 1.29 is 14.3 Å². The van der Waals surface area contributed by atoms with Gasteiger partial charge in [-0.05, 0) is 38.8 Å². The van der Waals surface area contributed by atoms with Gasteiger partial charge in [-0.2, -0.15) is 0 Å². The zero-order valence-electron chi connectivity index (χ0n) is 11.0. The van der Waals surface area contributed by atoms with Crippen LogP contribution in [0.15, 0.2) is 24.3 Å². The van der Waals surface area contributed by atoms with Gasteiger partial charge in [-0.1, -0.05) is 18.2 Å². The molecule has 1 aromatic carbocycles. The molecule has 0 bridgehead atoms. The minimum absolute atomic E-state index is 0.438. The van der Waals surface area contributed by atoms with Crippen molar-refractivity contribution in [1.82, 2.24) is 0 Å². The van der Waals surface area contributed by atoms with Gasteiger partial charge < -0.3 is 9.53 Å². The van der Waals surface area contributed by atoms with Crippen molar-refractivity contribution in [2.75, 3.05) is 5.32 Å². The van der Waals surface area contributed by atoms with E-state index in [-0.39, 0.29) is 0 Å². The first-order valence-electron chi connectivity index (χ1n) is 5.94. The van der Waals surface area contributed by atoms with Crippen LogP contribution in [0.25, 0.3) is 0 Å². The number of carbonyl (C=O) groups excluding carboxylic acids is 2. The van der Waals surface area contributed by atoms with Gasteiger partial charge in [0, 0.05) is 12.1 Å². The van der Waals surface area contributed by atoms with E-state index in [1.165, 1.54) is 0 Å². The first-order valence-corrected chi connectivity index (χ1v) is 5.94. The Balaban J connectivity index is 2.71. The number of benzene rings is 1. The van der Waals surface area contributed by atoms with Crippen LogP contribution in [-0.2, 0) is 16.0 Å². The van der Waals surface area contributed by atoms with E-state index in [2.05, 4.69) is 5.32 Å². The van der Waals surface area contributed by atoms with Gasteiger partial charge in [0.25, 0.3) is 0 Å². The van der Waals surface area contributed by atoms with E-state index in [1.807, 2.05) is 39.0 Å². The van der Waals surface area contributed by atoms with Gasteiger partial charge in [0.15, 0.2) is 0 Å². The maximum Gasteiger partial charge on any atom is 0.412 e. The summed E-state index contributed by atoms with van der Waals surface area (Å²) in [5, 5.41) is 2.70. The molecule has 0 spiro atoms. The number of rotatable bonds is 4. The quantitative estimate of drug-likeness (QED) is 0.834. The predicted octanol–water partition coefficient (Wildman–Crippen LogP) is 3.17. The summed E-state index contributed by atoms with van der Waals surface area (Å²) in [6.07, 6.45) is 1.42. The number of carbonyl (C=O) groups is 2. The highest BCUT2D eigenvalue weighted by atomic mass is 16.6. The van der Waals surface area contributed by atoms with E-state index in [9.17, 15) is 9.59 Å². The standard InChI is InChI=1S/C14H19NO3/c1-14(2,3)18-13(17)15-12-9-5-4-7-11(12)8-6-10-16/h4-5,7,9-10H,6,8H2,1-3H3,(H,15,17). The fourth-order valence-corrected chi connectivity index (χ4v) is 1.49. The molecule has 0 aromatic heterocycles. The molecular weight excluding hydrogens is 230 g/mol. The lowest BCUT2D eigenvalue weighted by molar-refractivity contribution is -0.107. The Morgan fingerprint density at radius 3 is 2.61 bits per heavy atom. The molecule has 1 N–H and O–H groups in total. The fourth-order valence-electron chi connectivity index (χ4n) is 1.49. The van der Waals surface area contributed by atoms with Crippen molar-refractivity contribution in [3.05, 3.63) is 29.8 Å². The molecule has 4 heteroatoms. The van der Waals surface area contributed by atoms with Crippen LogP contribution in [0.1, 0.15) is 32.8 Å². The van der Waals surface area contributed by atoms with Gasteiger partial charge >= 0.3 is 6.09 Å². The summed E-state index contributed by atoms with van der Waals surface area (Å²) in [5.41, 5.74) is 1.09. The first-order chi connectivity index (χ1) is 8.42. The molecule has 0 atom stereocenters. The number of aryl methyl sites for hydroxylation is 1. The summed E-state index contributed by atoms with van der Waals surface area (Å²) >= 11 is 0. The molecule has 0 fully saturated rings. The Morgan fingerprint density at radius 1 is 1.33 bits per heavy atom. The fraction of sp³-hybridized carbons (Fsp3) is 0.429. The Hall–Kier alpha value is -1.84. The van der Waals surface area contributed by atoms with Crippen molar-refractivity contribution >= 4 is 18.1 Å². The van der Waals surface area contributed by atoms with E-state index >= 15 is 0 Å². The molecule has 0 aliphatic carbocycles. The lowest BCUT2D eigenvalue weighted by Gasteiger charge is -2.20. The number of ether oxygens (including phenoxy) is 1. The third kappa shape index (κ3) is 4.99. The van der Waals surface area contributed by atoms with E-state index in [4.69, 9.17) is 4.74 Å². The summed E-state index contributed by atoms with van der Waals surface area (Å²) in [6.45, 7) is 5.43. The molecule has 4 nitrogen and oxygen atoms in total.